The Morgan fingerprint density at radius 2 is 2.39 bits per heavy atom. The van der Waals surface area contributed by atoms with E-state index in [2.05, 4.69) is 5.32 Å². The van der Waals surface area contributed by atoms with Crippen LogP contribution in [-0.4, -0.2) is 31.8 Å². The van der Waals surface area contributed by atoms with Crippen molar-refractivity contribution in [2.24, 2.45) is 0 Å². The van der Waals surface area contributed by atoms with Gasteiger partial charge in [-0.3, -0.25) is 0 Å². The van der Waals surface area contributed by atoms with Gasteiger partial charge < -0.3 is 20.5 Å². The van der Waals surface area contributed by atoms with Crippen LogP contribution in [0.3, 0.4) is 0 Å². The van der Waals surface area contributed by atoms with Crippen LogP contribution in [0, 0.1) is 0 Å². The highest BCUT2D eigenvalue weighted by Gasteiger charge is 2.18. The zero-order chi connectivity index (χ0) is 13.0. The standard InChI is InChI=1S/C13H18N2O3/c1-2-17-13(16)9-3-4-11(14)12(7-9)15-8-10-5-6-18-10/h3-4,7,10,15H,2,5-6,8,14H2,1H3/t10-/m0/s1. The minimum absolute atomic E-state index is 0.246. The highest BCUT2D eigenvalue weighted by molar-refractivity contribution is 5.92. The Morgan fingerprint density at radius 3 is 3.00 bits per heavy atom. The number of rotatable bonds is 5. The molecule has 1 heterocycles. The molecule has 1 saturated heterocycles. The SMILES string of the molecule is CCOC(=O)c1ccc(N)c(NC[C@@H]2CCO2)c1. The van der Waals surface area contributed by atoms with Crippen LogP contribution in [0.25, 0.3) is 0 Å². The normalized spacial score (nSPS) is 17.9. The van der Waals surface area contributed by atoms with Gasteiger partial charge in [0.05, 0.1) is 29.6 Å². The third-order valence-corrected chi connectivity index (χ3v) is 2.88. The summed E-state index contributed by atoms with van der Waals surface area (Å²) in [5.74, 6) is -0.333. The van der Waals surface area contributed by atoms with E-state index >= 15 is 0 Å². The molecule has 0 unspecified atom stereocenters. The number of carbonyl (C=O) groups is 1. The van der Waals surface area contributed by atoms with E-state index in [4.69, 9.17) is 15.2 Å². The highest BCUT2D eigenvalue weighted by Crippen LogP contribution is 2.22. The van der Waals surface area contributed by atoms with Gasteiger partial charge in [0, 0.05) is 13.2 Å². The topological polar surface area (TPSA) is 73.6 Å². The number of carbonyl (C=O) groups excluding carboxylic acids is 1. The summed E-state index contributed by atoms with van der Waals surface area (Å²) in [5, 5.41) is 3.19. The fourth-order valence-corrected chi connectivity index (χ4v) is 1.72. The molecule has 98 valence electrons. The van der Waals surface area contributed by atoms with Crippen molar-refractivity contribution in [1.29, 1.82) is 0 Å². The lowest BCUT2D eigenvalue weighted by atomic mass is 10.1. The molecule has 5 heteroatoms. The first-order valence-electron chi connectivity index (χ1n) is 6.13. The summed E-state index contributed by atoms with van der Waals surface area (Å²) in [6.07, 6.45) is 1.31. The van der Waals surface area contributed by atoms with Gasteiger partial charge in [0.15, 0.2) is 0 Å². The van der Waals surface area contributed by atoms with E-state index in [0.717, 1.165) is 18.7 Å². The van der Waals surface area contributed by atoms with Crippen LogP contribution in [-0.2, 0) is 9.47 Å². The molecular formula is C13H18N2O3. The van der Waals surface area contributed by atoms with Crippen LogP contribution >= 0.6 is 0 Å². The molecule has 1 aliphatic heterocycles. The molecular weight excluding hydrogens is 232 g/mol. The Kier molecular flexibility index (Phi) is 4.04. The van der Waals surface area contributed by atoms with Crippen molar-refractivity contribution in [1.82, 2.24) is 0 Å². The van der Waals surface area contributed by atoms with Crippen molar-refractivity contribution in [2.45, 2.75) is 19.4 Å². The monoisotopic (exact) mass is 250 g/mol. The lowest BCUT2D eigenvalue weighted by Crippen LogP contribution is -2.33. The van der Waals surface area contributed by atoms with E-state index in [1.807, 2.05) is 0 Å². The summed E-state index contributed by atoms with van der Waals surface area (Å²) >= 11 is 0. The van der Waals surface area contributed by atoms with Gasteiger partial charge in [0.1, 0.15) is 0 Å². The maximum atomic E-state index is 11.6. The van der Waals surface area contributed by atoms with Crippen LogP contribution in [0.1, 0.15) is 23.7 Å². The average Bonchev–Trinajstić information content (AvgIpc) is 2.29. The summed E-state index contributed by atoms with van der Waals surface area (Å²) in [6, 6.07) is 5.08. The summed E-state index contributed by atoms with van der Waals surface area (Å²) in [4.78, 5) is 11.6. The molecule has 0 radical (unpaired) electrons. The Hall–Kier alpha value is -1.75. The Bertz CT molecular complexity index is 430. The van der Waals surface area contributed by atoms with Gasteiger partial charge in [-0.05, 0) is 31.5 Å². The number of nitrogens with two attached hydrogens (primary N) is 1. The maximum absolute atomic E-state index is 11.6. The van der Waals surface area contributed by atoms with Crippen molar-refractivity contribution in [3.8, 4) is 0 Å². The van der Waals surface area contributed by atoms with Gasteiger partial charge in [0.25, 0.3) is 0 Å². The van der Waals surface area contributed by atoms with E-state index in [1.54, 1.807) is 25.1 Å². The molecule has 0 amide bonds. The minimum atomic E-state index is -0.333. The zero-order valence-electron chi connectivity index (χ0n) is 10.4. The maximum Gasteiger partial charge on any atom is 0.338 e. The van der Waals surface area contributed by atoms with Crippen LogP contribution in [0.5, 0.6) is 0 Å². The first-order chi connectivity index (χ1) is 8.70. The van der Waals surface area contributed by atoms with Crippen molar-refractivity contribution in [3.63, 3.8) is 0 Å². The molecule has 5 nitrogen and oxygen atoms in total. The van der Waals surface area contributed by atoms with Crippen molar-refractivity contribution in [2.75, 3.05) is 30.8 Å². The molecule has 1 aromatic carbocycles. The third-order valence-electron chi connectivity index (χ3n) is 2.88. The van der Waals surface area contributed by atoms with E-state index in [-0.39, 0.29) is 12.1 Å². The molecule has 1 fully saturated rings. The van der Waals surface area contributed by atoms with Crippen LogP contribution in [0.4, 0.5) is 11.4 Å². The van der Waals surface area contributed by atoms with Crippen LogP contribution in [0.2, 0.25) is 0 Å². The second-order valence-corrected chi connectivity index (χ2v) is 4.18. The molecule has 3 N–H and O–H groups in total. The van der Waals surface area contributed by atoms with Gasteiger partial charge in [-0.15, -0.1) is 0 Å². The molecule has 0 spiro atoms. The molecule has 0 saturated carbocycles. The molecule has 0 aromatic heterocycles. The van der Waals surface area contributed by atoms with Gasteiger partial charge >= 0.3 is 5.97 Å². The molecule has 1 atom stereocenters. The third kappa shape index (κ3) is 2.92. The van der Waals surface area contributed by atoms with Gasteiger partial charge in [-0.25, -0.2) is 4.79 Å². The van der Waals surface area contributed by atoms with Crippen LogP contribution < -0.4 is 11.1 Å². The van der Waals surface area contributed by atoms with Gasteiger partial charge in [-0.1, -0.05) is 0 Å². The van der Waals surface area contributed by atoms with Crippen LogP contribution in [0.15, 0.2) is 18.2 Å². The van der Waals surface area contributed by atoms with E-state index in [9.17, 15) is 4.79 Å². The zero-order valence-corrected chi connectivity index (χ0v) is 10.4. The number of hydrogen-bond donors (Lipinski definition) is 2. The summed E-state index contributed by atoms with van der Waals surface area (Å²) < 4.78 is 10.3. The molecule has 2 rings (SSSR count). The van der Waals surface area contributed by atoms with Gasteiger partial charge in [0.2, 0.25) is 0 Å². The van der Waals surface area contributed by atoms with Crippen molar-refractivity contribution in [3.05, 3.63) is 23.8 Å². The number of hydrogen-bond acceptors (Lipinski definition) is 5. The first-order valence-corrected chi connectivity index (χ1v) is 6.13. The van der Waals surface area contributed by atoms with E-state index < -0.39 is 0 Å². The number of benzene rings is 1. The summed E-state index contributed by atoms with van der Waals surface area (Å²) in [5.41, 5.74) is 7.72. The second kappa shape index (κ2) is 5.73. The minimum Gasteiger partial charge on any atom is -0.462 e. The first kappa shape index (κ1) is 12.7. The fourth-order valence-electron chi connectivity index (χ4n) is 1.72. The lowest BCUT2D eigenvalue weighted by molar-refractivity contribution is -0.0410. The second-order valence-electron chi connectivity index (χ2n) is 4.18. The quantitative estimate of drug-likeness (QED) is 0.614. The van der Waals surface area contributed by atoms with Crippen molar-refractivity contribution >= 4 is 17.3 Å². The summed E-state index contributed by atoms with van der Waals surface area (Å²) in [6.45, 7) is 3.67. The molecule has 0 aliphatic carbocycles. The largest absolute Gasteiger partial charge is 0.462 e. The predicted octanol–water partition coefficient (Wildman–Crippen LogP) is 1.65. The number of anilines is 2. The fraction of sp³-hybridized carbons (Fsp3) is 0.462. The molecule has 1 aromatic rings. The summed E-state index contributed by atoms with van der Waals surface area (Å²) in [7, 11) is 0. The predicted molar refractivity (Wildman–Crippen MR) is 69.7 cm³/mol. The lowest BCUT2D eigenvalue weighted by Gasteiger charge is -2.27. The van der Waals surface area contributed by atoms with Crippen molar-refractivity contribution < 1.29 is 14.3 Å². The average molecular weight is 250 g/mol. The van der Waals surface area contributed by atoms with Gasteiger partial charge in [-0.2, -0.15) is 0 Å². The number of nitrogens with one attached hydrogen (secondary N) is 1. The van der Waals surface area contributed by atoms with E-state index in [0.29, 0.717) is 24.4 Å². The molecule has 1 aliphatic rings. The molecule has 18 heavy (non-hydrogen) atoms. The Labute approximate surface area is 106 Å². The Balaban J connectivity index is 2.03. The number of nitrogen functional groups attached to an aromatic ring is 1. The Morgan fingerprint density at radius 1 is 1.61 bits per heavy atom. The highest BCUT2D eigenvalue weighted by atomic mass is 16.5. The number of ether oxygens (including phenoxy) is 2. The van der Waals surface area contributed by atoms with E-state index in [1.165, 1.54) is 0 Å². The number of esters is 1. The molecule has 0 bridgehead atoms. The smallest absolute Gasteiger partial charge is 0.338 e.